The van der Waals surface area contributed by atoms with E-state index in [1.54, 1.807) is 36.0 Å². The first kappa shape index (κ1) is 31.7. The molecule has 0 spiro atoms. The van der Waals surface area contributed by atoms with Crippen LogP contribution in [0.3, 0.4) is 0 Å². The van der Waals surface area contributed by atoms with Crippen molar-refractivity contribution in [1.82, 2.24) is 0 Å². The fourth-order valence-corrected chi connectivity index (χ4v) is 4.14. The zero-order valence-corrected chi connectivity index (χ0v) is 21.3. The van der Waals surface area contributed by atoms with E-state index in [-0.39, 0.29) is 12.5 Å². The van der Waals surface area contributed by atoms with E-state index in [1.807, 2.05) is 6.26 Å². The number of anilines is 2. The summed E-state index contributed by atoms with van der Waals surface area (Å²) in [6.07, 6.45) is -11.9. The van der Waals surface area contributed by atoms with Crippen LogP contribution in [-0.4, -0.2) is 134 Å². The van der Waals surface area contributed by atoms with Gasteiger partial charge in [-0.2, -0.15) is 11.8 Å². The Morgan fingerprint density at radius 2 is 1.78 bits per heavy atom. The Bertz CT molecular complexity index is 821. The summed E-state index contributed by atoms with van der Waals surface area (Å²) in [6, 6.07) is 6.69. The molecule has 10 N–H and O–H groups in total. The molecule has 1 fully saturated rings. The molecule has 0 radical (unpaired) electrons. The molecule has 1 aromatic carbocycles. The van der Waals surface area contributed by atoms with Gasteiger partial charge in [0.25, 0.3) is 0 Å². The lowest BCUT2D eigenvalue weighted by Gasteiger charge is -2.42. The summed E-state index contributed by atoms with van der Waals surface area (Å²) < 4.78 is 10.6. The molecule has 1 aliphatic heterocycles. The molecular formula is C23H38N2O11S. The number of nitrogens with one attached hydrogen (secondary N) is 2. The highest BCUT2D eigenvalue weighted by Gasteiger charge is 2.46. The van der Waals surface area contributed by atoms with Gasteiger partial charge in [0, 0.05) is 24.3 Å². The number of ether oxygens (including phenoxy) is 2. The molecule has 0 saturated carbocycles. The van der Waals surface area contributed by atoms with Crippen molar-refractivity contribution in [1.29, 1.82) is 0 Å². The standard InChI is InChI=1S/C23H38N2O11S/c1-37-7-3-6-17(30)25-13-5-2-4-12(8-13)24-9-14(28)18(31)22(15(29)10-26)36-23-21(34)20(33)19(32)16(11-27)35-23/h2,4-5,8,14-16,18-24,26-29,31-34H,3,6-7,9-11H2,1H3,(H,25,30)/t14?,15?,16?,18-,19+,20+,21?,22+,23+/m1/s1. The molecule has 14 heteroatoms. The van der Waals surface area contributed by atoms with E-state index in [0.29, 0.717) is 17.8 Å². The Morgan fingerprint density at radius 1 is 1.08 bits per heavy atom. The maximum atomic E-state index is 12.0. The van der Waals surface area contributed by atoms with Crippen molar-refractivity contribution in [3.05, 3.63) is 24.3 Å². The van der Waals surface area contributed by atoms with Crippen LogP contribution in [0.1, 0.15) is 12.8 Å². The number of thioether (sulfide) groups is 1. The van der Waals surface area contributed by atoms with E-state index < -0.39 is 68.3 Å². The van der Waals surface area contributed by atoms with Gasteiger partial charge in [-0.05, 0) is 36.6 Å². The molecule has 2 rings (SSSR count). The molecule has 212 valence electrons. The monoisotopic (exact) mass is 550 g/mol. The normalized spacial score (nSPS) is 27.2. The Kier molecular flexibility index (Phi) is 13.5. The van der Waals surface area contributed by atoms with Gasteiger partial charge in [-0.1, -0.05) is 6.07 Å². The number of carbonyl (C=O) groups is 1. The first-order chi connectivity index (χ1) is 17.6. The highest BCUT2D eigenvalue weighted by atomic mass is 32.2. The third kappa shape index (κ3) is 9.30. The third-order valence-electron chi connectivity index (χ3n) is 5.85. The van der Waals surface area contributed by atoms with Gasteiger partial charge in [-0.15, -0.1) is 0 Å². The summed E-state index contributed by atoms with van der Waals surface area (Å²) in [5, 5.41) is 85.7. The van der Waals surface area contributed by atoms with Crippen LogP contribution in [0.2, 0.25) is 0 Å². The first-order valence-corrected chi connectivity index (χ1v) is 13.3. The van der Waals surface area contributed by atoms with Crippen molar-refractivity contribution in [2.45, 2.75) is 68.0 Å². The summed E-state index contributed by atoms with van der Waals surface area (Å²) in [5.74, 6) is 0.745. The molecule has 4 unspecified atom stereocenters. The van der Waals surface area contributed by atoms with Crippen molar-refractivity contribution >= 4 is 29.0 Å². The number of aliphatic hydroxyl groups excluding tert-OH is 8. The van der Waals surface area contributed by atoms with Gasteiger partial charge < -0.3 is 61.0 Å². The average molecular weight is 551 g/mol. The molecule has 1 amide bonds. The van der Waals surface area contributed by atoms with E-state index in [9.17, 15) is 45.6 Å². The van der Waals surface area contributed by atoms with Crippen LogP contribution in [-0.2, 0) is 14.3 Å². The van der Waals surface area contributed by atoms with Crippen LogP contribution in [0.15, 0.2) is 24.3 Å². The summed E-state index contributed by atoms with van der Waals surface area (Å²) in [4.78, 5) is 12.0. The summed E-state index contributed by atoms with van der Waals surface area (Å²) in [7, 11) is 0. The second-order valence-electron chi connectivity index (χ2n) is 8.71. The Balaban J connectivity index is 1.99. The maximum absolute atomic E-state index is 12.0. The minimum atomic E-state index is -1.81. The molecule has 13 nitrogen and oxygen atoms in total. The van der Waals surface area contributed by atoms with Crippen molar-refractivity contribution < 1.29 is 55.1 Å². The number of amides is 1. The van der Waals surface area contributed by atoms with E-state index in [1.165, 1.54) is 0 Å². The second-order valence-corrected chi connectivity index (χ2v) is 9.70. The number of aliphatic hydroxyl groups is 8. The quantitative estimate of drug-likeness (QED) is 0.102. The lowest BCUT2D eigenvalue weighted by molar-refractivity contribution is -0.326. The van der Waals surface area contributed by atoms with Gasteiger partial charge in [0.05, 0.1) is 19.3 Å². The summed E-state index contributed by atoms with van der Waals surface area (Å²) in [5.41, 5.74) is 1.05. The number of benzene rings is 1. The van der Waals surface area contributed by atoms with Crippen molar-refractivity contribution in [3.8, 4) is 0 Å². The molecule has 37 heavy (non-hydrogen) atoms. The van der Waals surface area contributed by atoms with Gasteiger partial charge in [-0.3, -0.25) is 4.79 Å². The zero-order valence-electron chi connectivity index (χ0n) is 20.5. The van der Waals surface area contributed by atoms with Gasteiger partial charge in [0.15, 0.2) is 6.29 Å². The molecule has 1 heterocycles. The fourth-order valence-electron chi connectivity index (χ4n) is 3.71. The predicted molar refractivity (Wildman–Crippen MR) is 135 cm³/mol. The van der Waals surface area contributed by atoms with E-state index in [2.05, 4.69) is 10.6 Å². The Morgan fingerprint density at radius 3 is 2.43 bits per heavy atom. The molecule has 1 aromatic rings. The molecule has 1 saturated heterocycles. The van der Waals surface area contributed by atoms with Crippen LogP contribution in [0.5, 0.6) is 0 Å². The number of rotatable bonds is 15. The largest absolute Gasteiger partial charge is 0.394 e. The number of hydrogen-bond donors (Lipinski definition) is 10. The topological polar surface area (TPSA) is 221 Å². The zero-order chi connectivity index (χ0) is 27.5. The minimum absolute atomic E-state index is 0.132. The van der Waals surface area contributed by atoms with Gasteiger partial charge in [-0.25, -0.2) is 0 Å². The van der Waals surface area contributed by atoms with E-state index >= 15 is 0 Å². The molecule has 1 aliphatic rings. The molecular weight excluding hydrogens is 512 g/mol. The van der Waals surface area contributed by atoms with Crippen LogP contribution in [0.4, 0.5) is 11.4 Å². The highest BCUT2D eigenvalue weighted by molar-refractivity contribution is 7.98. The van der Waals surface area contributed by atoms with E-state index in [4.69, 9.17) is 9.47 Å². The molecule has 0 aliphatic carbocycles. The van der Waals surface area contributed by atoms with Gasteiger partial charge in [0.1, 0.15) is 42.7 Å². The lowest BCUT2D eigenvalue weighted by Crippen LogP contribution is -2.61. The molecule has 0 bridgehead atoms. The van der Waals surface area contributed by atoms with Gasteiger partial charge in [0.2, 0.25) is 5.91 Å². The number of hydrogen-bond acceptors (Lipinski definition) is 13. The van der Waals surface area contributed by atoms with Gasteiger partial charge >= 0.3 is 0 Å². The predicted octanol–water partition coefficient (Wildman–Crippen LogP) is -2.56. The minimum Gasteiger partial charge on any atom is -0.394 e. The van der Waals surface area contributed by atoms with Crippen molar-refractivity contribution in [2.24, 2.45) is 0 Å². The van der Waals surface area contributed by atoms with Crippen LogP contribution >= 0.6 is 11.8 Å². The van der Waals surface area contributed by atoms with Crippen LogP contribution < -0.4 is 10.6 Å². The van der Waals surface area contributed by atoms with Crippen LogP contribution in [0.25, 0.3) is 0 Å². The number of carbonyl (C=O) groups excluding carboxylic acids is 1. The highest BCUT2D eigenvalue weighted by Crippen LogP contribution is 2.25. The average Bonchev–Trinajstić information content (AvgIpc) is 2.89. The smallest absolute Gasteiger partial charge is 0.224 e. The Labute approximate surface area is 219 Å². The van der Waals surface area contributed by atoms with E-state index in [0.717, 1.165) is 12.2 Å². The SMILES string of the molecule is CSCCCC(=O)Nc1cccc(NCC(O)[C@@H](O)[C@@H](O[C@@H]2OC(CO)[C@H](O)[C@H](O)C2O)C(O)CO)c1. The maximum Gasteiger partial charge on any atom is 0.224 e. The Hall–Kier alpha value is -1.56. The van der Waals surface area contributed by atoms with Crippen LogP contribution in [0, 0.1) is 0 Å². The second kappa shape index (κ2) is 15.8. The molecule has 0 aromatic heterocycles. The first-order valence-electron chi connectivity index (χ1n) is 11.9. The lowest BCUT2D eigenvalue weighted by atomic mass is 9.98. The molecule has 9 atom stereocenters. The van der Waals surface area contributed by atoms with Crippen molar-refractivity contribution in [2.75, 3.05) is 42.4 Å². The summed E-state index contributed by atoms with van der Waals surface area (Å²) in [6.45, 7) is -1.83. The fraction of sp³-hybridized carbons (Fsp3) is 0.696. The van der Waals surface area contributed by atoms with Crippen molar-refractivity contribution in [3.63, 3.8) is 0 Å². The third-order valence-corrected chi connectivity index (χ3v) is 6.55. The summed E-state index contributed by atoms with van der Waals surface area (Å²) >= 11 is 1.66.